The van der Waals surface area contributed by atoms with E-state index in [2.05, 4.69) is 5.10 Å². The second-order valence-electron chi connectivity index (χ2n) is 3.37. The molecule has 0 saturated heterocycles. The van der Waals surface area contributed by atoms with Crippen LogP contribution in [0.4, 0.5) is 5.69 Å². The molecule has 1 heterocycles. The number of nitrogens with two attached hydrogens (primary N) is 1. The third kappa shape index (κ3) is 2.23. The highest BCUT2D eigenvalue weighted by molar-refractivity contribution is 6.29. The van der Waals surface area contributed by atoms with Crippen LogP contribution in [-0.2, 0) is 6.54 Å². The fourth-order valence-electron chi connectivity index (χ4n) is 1.39. The standard InChI is InChI=1S/C11H10ClN3O/c12-10-6-9(13)11(16)15(14-10)7-8-4-2-1-3-5-8/h1-6H,7,13H2. The molecule has 0 unspecified atom stereocenters. The highest BCUT2D eigenvalue weighted by Gasteiger charge is 2.04. The number of hydrogen-bond acceptors (Lipinski definition) is 3. The molecule has 16 heavy (non-hydrogen) atoms. The quantitative estimate of drug-likeness (QED) is 0.859. The lowest BCUT2D eigenvalue weighted by atomic mass is 10.2. The number of anilines is 1. The number of nitrogen functional groups attached to an aromatic ring is 1. The van der Waals surface area contributed by atoms with Gasteiger partial charge in [0.15, 0.2) is 5.15 Å². The van der Waals surface area contributed by atoms with Crippen molar-refractivity contribution in [3.05, 3.63) is 57.5 Å². The Balaban J connectivity index is 2.39. The molecule has 82 valence electrons. The van der Waals surface area contributed by atoms with Gasteiger partial charge in [-0.2, -0.15) is 5.10 Å². The molecular formula is C11H10ClN3O. The molecule has 0 aliphatic rings. The molecule has 0 aliphatic carbocycles. The number of benzene rings is 1. The predicted octanol–water partition coefficient (Wildman–Crippen LogP) is 1.53. The van der Waals surface area contributed by atoms with Crippen molar-refractivity contribution in [1.29, 1.82) is 0 Å². The second kappa shape index (κ2) is 4.37. The van der Waals surface area contributed by atoms with E-state index in [4.69, 9.17) is 17.3 Å². The minimum Gasteiger partial charge on any atom is -0.394 e. The maximum Gasteiger partial charge on any atom is 0.290 e. The first kappa shape index (κ1) is 10.7. The molecule has 0 fully saturated rings. The Kier molecular flexibility index (Phi) is 2.92. The lowest BCUT2D eigenvalue weighted by Gasteiger charge is -2.05. The molecule has 1 aromatic carbocycles. The highest BCUT2D eigenvalue weighted by atomic mass is 35.5. The van der Waals surface area contributed by atoms with Gasteiger partial charge in [0.05, 0.1) is 6.54 Å². The molecule has 0 bridgehead atoms. The Morgan fingerprint density at radius 1 is 1.31 bits per heavy atom. The van der Waals surface area contributed by atoms with Gasteiger partial charge in [-0.05, 0) is 5.56 Å². The van der Waals surface area contributed by atoms with Crippen LogP contribution in [0.1, 0.15) is 5.56 Å². The molecule has 0 spiro atoms. The Morgan fingerprint density at radius 2 is 2.00 bits per heavy atom. The predicted molar refractivity (Wildman–Crippen MR) is 63.5 cm³/mol. The summed E-state index contributed by atoms with van der Waals surface area (Å²) in [5.74, 6) is 0. The summed E-state index contributed by atoms with van der Waals surface area (Å²) in [4.78, 5) is 11.6. The Bertz CT molecular complexity index is 551. The normalized spacial score (nSPS) is 10.3. The third-order valence-electron chi connectivity index (χ3n) is 2.15. The fourth-order valence-corrected chi connectivity index (χ4v) is 1.60. The van der Waals surface area contributed by atoms with Gasteiger partial charge in [0, 0.05) is 6.07 Å². The zero-order valence-corrected chi connectivity index (χ0v) is 9.19. The van der Waals surface area contributed by atoms with Crippen molar-refractivity contribution < 1.29 is 0 Å². The van der Waals surface area contributed by atoms with Gasteiger partial charge >= 0.3 is 0 Å². The third-order valence-corrected chi connectivity index (χ3v) is 2.33. The highest BCUT2D eigenvalue weighted by Crippen LogP contribution is 2.06. The maximum atomic E-state index is 11.6. The van der Waals surface area contributed by atoms with Crippen molar-refractivity contribution >= 4 is 17.3 Å². The largest absolute Gasteiger partial charge is 0.394 e. The maximum absolute atomic E-state index is 11.6. The number of hydrogen-bond donors (Lipinski definition) is 1. The average Bonchev–Trinajstić information content (AvgIpc) is 2.27. The van der Waals surface area contributed by atoms with Crippen molar-refractivity contribution in [3.8, 4) is 0 Å². The van der Waals surface area contributed by atoms with Crippen molar-refractivity contribution in [2.75, 3.05) is 5.73 Å². The van der Waals surface area contributed by atoms with Crippen LogP contribution in [0.2, 0.25) is 5.15 Å². The minimum atomic E-state index is -0.326. The monoisotopic (exact) mass is 235 g/mol. The fraction of sp³-hybridized carbons (Fsp3) is 0.0909. The second-order valence-corrected chi connectivity index (χ2v) is 3.76. The smallest absolute Gasteiger partial charge is 0.290 e. The van der Waals surface area contributed by atoms with Crippen LogP contribution in [0, 0.1) is 0 Å². The average molecular weight is 236 g/mol. The van der Waals surface area contributed by atoms with Gasteiger partial charge in [0.25, 0.3) is 5.56 Å². The van der Waals surface area contributed by atoms with Gasteiger partial charge in [-0.25, -0.2) is 4.68 Å². The van der Waals surface area contributed by atoms with E-state index in [-0.39, 0.29) is 16.4 Å². The lowest BCUT2D eigenvalue weighted by Crippen LogP contribution is -2.25. The number of rotatable bonds is 2. The summed E-state index contributed by atoms with van der Waals surface area (Å²) in [6.45, 7) is 0.366. The molecule has 2 aromatic rings. The molecule has 5 heteroatoms. The van der Waals surface area contributed by atoms with Crippen LogP contribution >= 0.6 is 11.6 Å². The summed E-state index contributed by atoms with van der Waals surface area (Å²) in [5.41, 5.74) is 6.27. The van der Waals surface area contributed by atoms with Gasteiger partial charge in [-0.1, -0.05) is 41.9 Å². The first-order valence-electron chi connectivity index (χ1n) is 4.74. The van der Waals surface area contributed by atoms with Crippen molar-refractivity contribution in [2.24, 2.45) is 0 Å². The topological polar surface area (TPSA) is 60.9 Å². The Morgan fingerprint density at radius 3 is 2.69 bits per heavy atom. The van der Waals surface area contributed by atoms with E-state index in [1.54, 1.807) is 0 Å². The van der Waals surface area contributed by atoms with Gasteiger partial charge in [-0.3, -0.25) is 4.79 Å². The van der Waals surface area contributed by atoms with Gasteiger partial charge < -0.3 is 5.73 Å². The van der Waals surface area contributed by atoms with Crippen molar-refractivity contribution in [3.63, 3.8) is 0 Å². The van der Waals surface area contributed by atoms with Crippen molar-refractivity contribution in [1.82, 2.24) is 9.78 Å². The number of nitrogens with zero attached hydrogens (tertiary/aromatic N) is 2. The lowest BCUT2D eigenvalue weighted by molar-refractivity contribution is 0.642. The van der Waals surface area contributed by atoms with E-state index >= 15 is 0 Å². The molecular weight excluding hydrogens is 226 g/mol. The van der Waals surface area contributed by atoms with Gasteiger partial charge in [0.1, 0.15) is 5.69 Å². The van der Waals surface area contributed by atoms with E-state index in [1.165, 1.54) is 10.7 Å². The molecule has 4 nitrogen and oxygen atoms in total. The molecule has 1 aromatic heterocycles. The Hall–Kier alpha value is -1.81. The summed E-state index contributed by atoms with van der Waals surface area (Å²) in [7, 11) is 0. The molecule has 2 N–H and O–H groups in total. The van der Waals surface area contributed by atoms with Crippen LogP contribution in [0.25, 0.3) is 0 Å². The number of halogens is 1. The molecule has 0 radical (unpaired) electrons. The SMILES string of the molecule is Nc1cc(Cl)nn(Cc2ccccc2)c1=O. The van der Waals surface area contributed by atoms with E-state index in [0.29, 0.717) is 6.54 Å². The summed E-state index contributed by atoms with van der Waals surface area (Å²) in [6, 6.07) is 10.9. The molecule has 2 rings (SSSR count). The summed E-state index contributed by atoms with van der Waals surface area (Å²) < 4.78 is 1.26. The minimum absolute atomic E-state index is 0.107. The molecule has 0 saturated carbocycles. The van der Waals surface area contributed by atoms with E-state index in [9.17, 15) is 4.79 Å². The van der Waals surface area contributed by atoms with Crippen LogP contribution in [0.3, 0.4) is 0 Å². The summed E-state index contributed by atoms with van der Waals surface area (Å²) in [6.07, 6.45) is 0. The Labute approximate surface area is 97.3 Å². The van der Waals surface area contributed by atoms with Crippen LogP contribution in [0.15, 0.2) is 41.2 Å². The zero-order valence-electron chi connectivity index (χ0n) is 8.43. The van der Waals surface area contributed by atoms with Gasteiger partial charge in [0.2, 0.25) is 0 Å². The van der Waals surface area contributed by atoms with Crippen LogP contribution in [-0.4, -0.2) is 9.78 Å². The van der Waals surface area contributed by atoms with E-state index in [1.807, 2.05) is 30.3 Å². The first-order chi connectivity index (χ1) is 7.66. The molecule has 0 aliphatic heterocycles. The van der Waals surface area contributed by atoms with Gasteiger partial charge in [-0.15, -0.1) is 0 Å². The summed E-state index contributed by atoms with van der Waals surface area (Å²) >= 11 is 5.74. The van der Waals surface area contributed by atoms with E-state index in [0.717, 1.165) is 5.56 Å². The molecule has 0 amide bonds. The van der Waals surface area contributed by atoms with Crippen LogP contribution in [0.5, 0.6) is 0 Å². The van der Waals surface area contributed by atoms with Crippen LogP contribution < -0.4 is 11.3 Å². The zero-order chi connectivity index (χ0) is 11.5. The molecule has 0 atom stereocenters. The van der Waals surface area contributed by atoms with Crippen molar-refractivity contribution in [2.45, 2.75) is 6.54 Å². The number of aromatic nitrogens is 2. The summed E-state index contributed by atoms with van der Waals surface area (Å²) in [5, 5.41) is 4.13. The first-order valence-corrected chi connectivity index (χ1v) is 5.11. The van der Waals surface area contributed by atoms with E-state index < -0.39 is 0 Å².